The zero-order valence-electron chi connectivity index (χ0n) is 10.2. The van der Waals surface area contributed by atoms with Crippen LogP contribution in [-0.4, -0.2) is 9.97 Å². The largest absolute Gasteiger partial charge is 0.319 e. The maximum absolute atomic E-state index is 6.22. The van der Waals surface area contributed by atoms with Gasteiger partial charge in [0.2, 0.25) is 0 Å². The number of benzene rings is 1. The Kier molecular flexibility index (Phi) is 3.49. The molecule has 0 bridgehead atoms. The molecule has 0 amide bonds. The molecule has 2 aromatic rings. The monoisotopic (exact) mass is 227 g/mol. The van der Waals surface area contributed by atoms with Crippen LogP contribution in [0.3, 0.4) is 0 Å². The van der Waals surface area contributed by atoms with Crippen LogP contribution in [0.4, 0.5) is 0 Å². The topological polar surface area (TPSA) is 51.8 Å². The van der Waals surface area contributed by atoms with E-state index in [2.05, 4.69) is 29.0 Å². The smallest absolute Gasteiger partial charge is 0.125 e. The van der Waals surface area contributed by atoms with Crippen LogP contribution in [0.1, 0.15) is 35.6 Å². The van der Waals surface area contributed by atoms with Gasteiger partial charge in [0.05, 0.1) is 11.7 Å². The van der Waals surface area contributed by atoms with E-state index in [4.69, 9.17) is 5.73 Å². The Hall–Kier alpha value is -1.74. The number of hydrogen-bond donors (Lipinski definition) is 1. The fraction of sp³-hybridized carbons (Fsp3) is 0.286. The van der Waals surface area contributed by atoms with Crippen molar-refractivity contribution in [1.82, 2.24) is 9.97 Å². The Morgan fingerprint density at radius 1 is 1.29 bits per heavy atom. The van der Waals surface area contributed by atoms with Crippen LogP contribution in [0.5, 0.6) is 0 Å². The van der Waals surface area contributed by atoms with Crippen molar-refractivity contribution in [3.63, 3.8) is 0 Å². The number of nitrogens with zero attached hydrogens (tertiary/aromatic N) is 2. The van der Waals surface area contributed by atoms with E-state index in [1.807, 2.05) is 25.1 Å². The molecule has 1 aromatic heterocycles. The van der Waals surface area contributed by atoms with Crippen molar-refractivity contribution in [2.45, 2.75) is 26.3 Å². The summed E-state index contributed by atoms with van der Waals surface area (Å²) >= 11 is 0. The third-order valence-electron chi connectivity index (χ3n) is 2.83. The summed E-state index contributed by atoms with van der Waals surface area (Å²) in [5, 5.41) is 0. The number of nitrogens with two attached hydrogens (primary N) is 1. The first kappa shape index (κ1) is 11.7. The lowest BCUT2D eigenvalue weighted by molar-refractivity contribution is 0.805. The van der Waals surface area contributed by atoms with Crippen molar-refractivity contribution in [2.24, 2.45) is 5.73 Å². The van der Waals surface area contributed by atoms with E-state index in [1.165, 1.54) is 5.56 Å². The molecule has 0 spiro atoms. The average Bonchev–Trinajstić information content (AvgIpc) is 2.38. The molecule has 0 fully saturated rings. The molecular formula is C14H17N3. The zero-order chi connectivity index (χ0) is 12.3. The number of aromatic nitrogens is 2. The maximum Gasteiger partial charge on any atom is 0.125 e. The van der Waals surface area contributed by atoms with Crippen LogP contribution in [0, 0.1) is 6.92 Å². The van der Waals surface area contributed by atoms with Gasteiger partial charge in [0.15, 0.2) is 0 Å². The quantitative estimate of drug-likeness (QED) is 0.876. The highest BCUT2D eigenvalue weighted by Crippen LogP contribution is 2.18. The molecule has 88 valence electrons. The minimum Gasteiger partial charge on any atom is -0.319 e. The van der Waals surface area contributed by atoms with Gasteiger partial charge in [0, 0.05) is 6.20 Å². The van der Waals surface area contributed by atoms with Crippen molar-refractivity contribution >= 4 is 0 Å². The maximum atomic E-state index is 6.22. The van der Waals surface area contributed by atoms with Gasteiger partial charge in [0.25, 0.3) is 0 Å². The van der Waals surface area contributed by atoms with Gasteiger partial charge < -0.3 is 5.73 Å². The third kappa shape index (κ3) is 2.68. The molecule has 3 nitrogen and oxygen atoms in total. The molecule has 0 aliphatic carbocycles. The second-order valence-corrected chi connectivity index (χ2v) is 4.10. The lowest BCUT2D eigenvalue weighted by Gasteiger charge is -2.12. The van der Waals surface area contributed by atoms with Gasteiger partial charge in [0.1, 0.15) is 5.82 Å². The molecule has 3 heteroatoms. The Balaban J connectivity index is 2.33. The summed E-state index contributed by atoms with van der Waals surface area (Å²) in [5.74, 6) is 0.754. The summed E-state index contributed by atoms with van der Waals surface area (Å²) < 4.78 is 0. The van der Waals surface area contributed by atoms with E-state index in [-0.39, 0.29) is 6.04 Å². The van der Waals surface area contributed by atoms with E-state index < -0.39 is 0 Å². The Labute approximate surface area is 102 Å². The van der Waals surface area contributed by atoms with E-state index in [0.29, 0.717) is 0 Å². The van der Waals surface area contributed by atoms with Gasteiger partial charge in [-0.2, -0.15) is 0 Å². The Morgan fingerprint density at radius 2 is 2.12 bits per heavy atom. The van der Waals surface area contributed by atoms with Crippen LogP contribution in [-0.2, 0) is 6.42 Å². The van der Waals surface area contributed by atoms with Crippen molar-refractivity contribution < 1.29 is 0 Å². The highest BCUT2D eigenvalue weighted by Gasteiger charge is 2.10. The van der Waals surface area contributed by atoms with Gasteiger partial charge in [-0.1, -0.05) is 31.2 Å². The third-order valence-corrected chi connectivity index (χ3v) is 2.83. The highest BCUT2D eigenvalue weighted by molar-refractivity contribution is 5.30. The fourth-order valence-electron chi connectivity index (χ4n) is 1.82. The summed E-state index contributed by atoms with van der Waals surface area (Å²) in [6.45, 7) is 4.01. The van der Waals surface area contributed by atoms with Crippen LogP contribution in [0.15, 0.2) is 36.5 Å². The summed E-state index contributed by atoms with van der Waals surface area (Å²) in [5.41, 5.74) is 9.48. The fourth-order valence-corrected chi connectivity index (χ4v) is 1.82. The number of hydrogen-bond acceptors (Lipinski definition) is 3. The Morgan fingerprint density at radius 3 is 2.82 bits per heavy atom. The standard InChI is InChI=1S/C14H17N3/c1-3-11-5-4-6-12(9-11)14(15)13-7-8-16-10(2)17-13/h4-9,14H,3,15H2,1-2H3. The van der Waals surface area contributed by atoms with Crippen molar-refractivity contribution in [2.75, 3.05) is 0 Å². The zero-order valence-corrected chi connectivity index (χ0v) is 10.2. The second-order valence-electron chi connectivity index (χ2n) is 4.10. The van der Waals surface area contributed by atoms with Crippen LogP contribution >= 0.6 is 0 Å². The van der Waals surface area contributed by atoms with Crippen molar-refractivity contribution in [3.05, 3.63) is 59.2 Å². The summed E-state index contributed by atoms with van der Waals surface area (Å²) in [4.78, 5) is 8.45. The summed E-state index contributed by atoms with van der Waals surface area (Å²) in [6.07, 6.45) is 2.77. The highest BCUT2D eigenvalue weighted by atomic mass is 14.9. The molecule has 0 radical (unpaired) electrons. The molecule has 0 saturated carbocycles. The lowest BCUT2D eigenvalue weighted by Crippen LogP contribution is -2.14. The molecule has 2 N–H and O–H groups in total. The molecule has 0 aliphatic rings. The van der Waals surface area contributed by atoms with Crippen LogP contribution in [0.25, 0.3) is 0 Å². The molecular weight excluding hydrogens is 210 g/mol. The summed E-state index contributed by atoms with van der Waals surface area (Å²) in [6, 6.07) is 10.0. The van der Waals surface area contributed by atoms with E-state index in [9.17, 15) is 0 Å². The average molecular weight is 227 g/mol. The van der Waals surface area contributed by atoms with Gasteiger partial charge in [-0.15, -0.1) is 0 Å². The molecule has 1 atom stereocenters. The normalized spacial score (nSPS) is 12.4. The Bertz CT molecular complexity index is 508. The molecule has 2 rings (SSSR count). The first-order valence-corrected chi connectivity index (χ1v) is 5.84. The van der Waals surface area contributed by atoms with Crippen LogP contribution < -0.4 is 5.73 Å². The molecule has 17 heavy (non-hydrogen) atoms. The van der Waals surface area contributed by atoms with Gasteiger partial charge >= 0.3 is 0 Å². The second kappa shape index (κ2) is 5.06. The molecule has 0 saturated heterocycles. The van der Waals surface area contributed by atoms with E-state index >= 15 is 0 Å². The SMILES string of the molecule is CCc1cccc(C(N)c2ccnc(C)n2)c1. The van der Waals surface area contributed by atoms with Crippen molar-refractivity contribution in [1.29, 1.82) is 0 Å². The number of rotatable bonds is 3. The molecule has 0 aliphatic heterocycles. The van der Waals surface area contributed by atoms with E-state index in [0.717, 1.165) is 23.5 Å². The summed E-state index contributed by atoms with van der Waals surface area (Å²) in [7, 11) is 0. The minimum absolute atomic E-state index is 0.178. The molecule has 1 heterocycles. The molecule has 1 unspecified atom stereocenters. The van der Waals surface area contributed by atoms with Gasteiger partial charge in [-0.3, -0.25) is 0 Å². The lowest BCUT2D eigenvalue weighted by atomic mass is 10.0. The van der Waals surface area contributed by atoms with Gasteiger partial charge in [-0.25, -0.2) is 9.97 Å². The molecule has 1 aromatic carbocycles. The predicted molar refractivity (Wildman–Crippen MR) is 68.6 cm³/mol. The number of aryl methyl sites for hydroxylation is 2. The predicted octanol–water partition coefficient (Wildman–Crippen LogP) is 2.40. The first-order valence-electron chi connectivity index (χ1n) is 5.84. The van der Waals surface area contributed by atoms with Gasteiger partial charge in [-0.05, 0) is 30.5 Å². The van der Waals surface area contributed by atoms with Crippen LogP contribution in [0.2, 0.25) is 0 Å². The van der Waals surface area contributed by atoms with E-state index in [1.54, 1.807) is 6.20 Å². The van der Waals surface area contributed by atoms with Crippen molar-refractivity contribution in [3.8, 4) is 0 Å². The minimum atomic E-state index is -0.178. The first-order chi connectivity index (χ1) is 8.20.